The summed E-state index contributed by atoms with van der Waals surface area (Å²) in [6.07, 6.45) is 1.94. The highest BCUT2D eigenvalue weighted by Gasteiger charge is 2.09. The Balaban J connectivity index is 3.00. The fourth-order valence-electron chi connectivity index (χ4n) is 1.11. The van der Waals surface area contributed by atoms with Gasteiger partial charge in [-0.2, -0.15) is 5.26 Å². The van der Waals surface area contributed by atoms with E-state index in [4.69, 9.17) is 16.7 Å². The van der Waals surface area contributed by atoms with Gasteiger partial charge >= 0.3 is 0 Å². The van der Waals surface area contributed by atoms with Gasteiger partial charge in [0.15, 0.2) is 0 Å². The minimum Gasteiger partial charge on any atom is -0.383 e. The molecule has 0 saturated carbocycles. The van der Waals surface area contributed by atoms with Crippen molar-refractivity contribution in [2.75, 3.05) is 5.73 Å². The lowest BCUT2D eigenvalue weighted by Gasteiger charge is -2.10. The minimum absolute atomic E-state index is 0.259. The highest BCUT2D eigenvalue weighted by molar-refractivity contribution is 5.43. The number of aryl methyl sites for hydroxylation is 1. The van der Waals surface area contributed by atoms with Crippen LogP contribution < -0.4 is 11.5 Å². The number of aromatic nitrogens is 1. The van der Waals surface area contributed by atoms with E-state index in [-0.39, 0.29) is 12.5 Å². The number of pyridine rings is 1. The Morgan fingerprint density at radius 1 is 1.69 bits per heavy atom. The number of hydrogen-bond acceptors (Lipinski definition) is 4. The fourth-order valence-corrected chi connectivity index (χ4v) is 1.11. The van der Waals surface area contributed by atoms with Crippen LogP contribution in [0, 0.1) is 18.3 Å². The van der Waals surface area contributed by atoms with Gasteiger partial charge in [0.1, 0.15) is 5.82 Å². The van der Waals surface area contributed by atoms with Crippen molar-refractivity contribution < 1.29 is 0 Å². The summed E-state index contributed by atoms with van der Waals surface area (Å²) in [7, 11) is 0. The lowest BCUT2D eigenvalue weighted by molar-refractivity contribution is 0.746. The summed E-state index contributed by atoms with van der Waals surface area (Å²) >= 11 is 0. The van der Waals surface area contributed by atoms with E-state index in [1.165, 1.54) is 0 Å². The molecule has 0 amide bonds. The zero-order valence-corrected chi connectivity index (χ0v) is 7.49. The molecule has 4 N–H and O–H groups in total. The lowest BCUT2D eigenvalue weighted by Crippen LogP contribution is -2.12. The van der Waals surface area contributed by atoms with Crippen LogP contribution in [0.2, 0.25) is 0 Å². The van der Waals surface area contributed by atoms with Crippen LogP contribution in [-0.4, -0.2) is 4.98 Å². The summed E-state index contributed by atoms with van der Waals surface area (Å²) in [4.78, 5) is 3.97. The SMILES string of the molecule is Cc1cnc(N)c(C(N)CC#N)c1. The molecule has 68 valence electrons. The molecule has 1 unspecified atom stereocenters. The van der Waals surface area contributed by atoms with Crippen LogP contribution in [0.25, 0.3) is 0 Å². The van der Waals surface area contributed by atoms with Crippen molar-refractivity contribution in [1.82, 2.24) is 4.98 Å². The molecule has 4 heteroatoms. The van der Waals surface area contributed by atoms with Crippen molar-refractivity contribution in [2.24, 2.45) is 5.73 Å². The van der Waals surface area contributed by atoms with Crippen LogP contribution in [0.3, 0.4) is 0 Å². The number of nitrogens with two attached hydrogens (primary N) is 2. The molecule has 0 aliphatic carbocycles. The van der Waals surface area contributed by atoms with Crippen LogP contribution in [0.1, 0.15) is 23.6 Å². The molecule has 0 spiro atoms. The van der Waals surface area contributed by atoms with E-state index >= 15 is 0 Å². The van der Waals surface area contributed by atoms with Gasteiger partial charge in [-0.1, -0.05) is 0 Å². The average molecular weight is 176 g/mol. The van der Waals surface area contributed by atoms with Crippen LogP contribution in [0.4, 0.5) is 5.82 Å². The number of rotatable bonds is 2. The number of nitrogens with zero attached hydrogens (tertiary/aromatic N) is 2. The van der Waals surface area contributed by atoms with Gasteiger partial charge in [0.25, 0.3) is 0 Å². The van der Waals surface area contributed by atoms with E-state index in [0.29, 0.717) is 5.82 Å². The first-order valence-corrected chi connectivity index (χ1v) is 3.99. The quantitative estimate of drug-likeness (QED) is 0.700. The fraction of sp³-hybridized carbons (Fsp3) is 0.333. The van der Waals surface area contributed by atoms with Gasteiger partial charge in [0.2, 0.25) is 0 Å². The van der Waals surface area contributed by atoms with Crippen molar-refractivity contribution in [3.05, 3.63) is 23.4 Å². The second-order valence-corrected chi connectivity index (χ2v) is 2.96. The summed E-state index contributed by atoms with van der Waals surface area (Å²) in [6, 6.07) is 3.53. The van der Waals surface area contributed by atoms with E-state index < -0.39 is 0 Å². The van der Waals surface area contributed by atoms with Crippen molar-refractivity contribution in [3.8, 4) is 6.07 Å². The second-order valence-electron chi connectivity index (χ2n) is 2.96. The van der Waals surface area contributed by atoms with E-state index in [1.807, 2.05) is 19.1 Å². The van der Waals surface area contributed by atoms with E-state index in [9.17, 15) is 0 Å². The van der Waals surface area contributed by atoms with E-state index in [2.05, 4.69) is 4.98 Å². The van der Waals surface area contributed by atoms with Crippen molar-refractivity contribution in [2.45, 2.75) is 19.4 Å². The molecule has 13 heavy (non-hydrogen) atoms. The molecular weight excluding hydrogens is 164 g/mol. The first-order valence-electron chi connectivity index (χ1n) is 3.99. The van der Waals surface area contributed by atoms with Crippen molar-refractivity contribution in [1.29, 1.82) is 5.26 Å². The molecule has 4 nitrogen and oxygen atoms in total. The summed E-state index contributed by atoms with van der Waals surface area (Å²) in [6.45, 7) is 1.91. The first kappa shape index (κ1) is 9.49. The van der Waals surface area contributed by atoms with Gasteiger partial charge in [-0.25, -0.2) is 4.98 Å². The zero-order chi connectivity index (χ0) is 9.84. The maximum atomic E-state index is 8.47. The molecule has 0 radical (unpaired) electrons. The van der Waals surface area contributed by atoms with Gasteiger partial charge in [0, 0.05) is 17.8 Å². The van der Waals surface area contributed by atoms with Gasteiger partial charge in [-0.05, 0) is 18.6 Å². The molecule has 0 aliphatic rings. The molecule has 0 aliphatic heterocycles. The van der Waals surface area contributed by atoms with E-state index in [1.54, 1.807) is 6.20 Å². The number of nitriles is 1. The summed E-state index contributed by atoms with van der Waals surface area (Å²) in [5, 5.41) is 8.47. The number of anilines is 1. The summed E-state index contributed by atoms with van der Waals surface area (Å²) in [5.74, 6) is 0.411. The highest BCUT2D eigenvalue weighted by Crippen LogP contribution is 2.19. The number of hydrogen-bond donors (Lipinski definition) is 2. The molecule has 0 fully saturated rings. The summed E-state index contributed by atoms with van der Waals surface area (Å²) in [5.41, 5.74) is 13.1. The normalized spacial score (nSPS) is 12.1. The Hall–Kier alpha value is -1.60. The van der Waals surface area contributed by atoms with Crippen LogP contribution in [0.15, 0.2) is 12.3 Å². The maximum Gasteiger partial charge on any atom is 0.128 e. The molecule has 1 aromatic heterocycles. The minimum atomic E-state index is -0.336. The standard InChI is InChI=1S/C9H12N4/c1-6-4-7(8(11)2-3-10)9(12)13-5-6/h4-5,8H,2,11H2,1H3,(H2,12,13). The third kappa shape index (κ3) is 2.17. The molecule has 1 atom stereocenters. The first-order chi connectivity index (χ1) is 6.15. The van der Waals surface area contributed by atoms with Crippen LogP contribution in [-0.2, 0) is 0 Å². The Labute approximate surface area is 77.2 Å². The molecule has 0 bridgehead atoms. The molecule has 1 rings (SSSR count). The second kappa shape index (κ2) is 3.87. The molecule has 0 aromatic carbocycles. The Morgan fingerprint density at radius 3 is 3.00 bits per heavy atom. The highest BCUT2D eigenvalue weighted by atomic mass is 14.8. The predicted molar refractivity (Wildman–Crippen MR) is 50.5 cm³/mol. The topological polar surface area (TPSA) is 88.7 Å². The van der Waals surface area contributed by atoms with Crippen LogP contribution in [0.5, 0.6) is 0 Å². The maximum absolute atomic E-state index is 8.47. The third-order valence-corrected chi connectivity index (χ3v) is 1.80. The van der Waals surface area contributed by atoms with Crippen molar-refractivity contribution in [3.63, 3.8) is 0 Å². The lowest BCUT2D eigenvalue weighted by atomic mass is 10.0. The Morgan fingerprint density at radius 2 is 2.38 bits per heavy atom. The zero-order valence-electron chi connectivity index (χ0n) is 7.49. The van der Waals surface area contributed by atoms with Gasteiger partial charge in [-0.3, -0.25) is 0 Å². The molecule has 1 aromatic rings. The predicted octanol–water partition coefficient (Wildman–Crippen LogP) is 0.886. The largest absolute Gasteiger partial charge is 0.383 e. The van der Waals surface area contributed by atoms with Gasteiger partial charge in [0.05, 0.1) is 12.5 Å². The number of nitrogen functional groups attached to an aromatic ring is 1. The Bertz CT molecular complexity index is 340. The van der Waals surface area contributed by atoms with Gasteiger partial charge < -0.3 is 11.5 Å². The average Bonchev–Trinajstić information content (AvgIpc) is 2.09. The smallest absolute Gasteiger partial charge is 0.128 e. The van der Waals surface area contributed by atoms with Gasteiger partial charge in [-0.15, -0.1) is 0 Å². The van der Waals surface area contributed by atoms with Crippen molar-refractivity contribution >= 4 is 5.82 Å². The summed E-state index contributed by atoms with van der Waals surface area (Å²) < 4.78 is 0. The Kier molecular flexibility index (Phi) is 2.83. The van der Waals surface area contributed by atoms with E-state index in [0.717, 1.165) is 11.1 Å². The monoisotopic (exact) mass is 176 g/mol. The molecule has 1 heterocycles. The third-order valence-electron chi connectivity index (χ3n) is 1.80. The molecule has 0 saturated heterocycles. The van der Waals surface area contributed by atoms with Crippen LogP contribution >= 0.6 is 0 Å². The molecular formula is C9H12N4.